The first kappa shape index (κ1) is 19.6. The zero-order chi connectivity index (χ0) is 20.4. The first-order valence-electron chi connectivity index (χ1n) is 9.03. The van der Waals surface area contributed by atoms with Crippen LogP contribution in [0.5, 0.6) is 5.75 Å². The molecule has 0 saturated carbocycles. The summed E-state index contributed by atoms with van der Waals surface area (Å²) in [5.41, 5.74) is 0.797. The van der Waals surface area contributed by atoms with Crippen LogP contribution in [0.2, 0.25) is 0 Å². The molecule has 1 heterocycles. The third-order valence-electron chi connectivity index (χ3n) is 4.62. The van der Waals surface area contributed by atoms with Crippen LogP contribution in [0.15, 0.2) is 59.9 Å². The van der Waals surface area contributed by atoms with Crippen molar-refractivity contribution >= 4 is 17.4 Å². The summed E-state index contributed by atoms with van der Waals surface area (Å²) < 4.78 is 19.3. The molecule has 1 unspecified atom stereocenters. The molecule has 146 valence electrons. The molecule has 0 spiro atoms. The Morgan fingerprint density at radius 2 is 1.93 bits per heavy atom. The Bertz CT molecular complexity index is 951. The second-order valence-electron chi connectivity index (χ2n) is 7.08. The molecule has 0 fully saturated rings. The number of halogens is 1. The molecule has 1 amide bonds. The van der Waals surface area contributed by atoms with Gasteiger partial charge in [-0.2, -0.15) is 0 Å². The van der Waals surface area contributed by atoms with Gasteiger partial charge in [0.05, 0.1) is 18.7 Å². The highest BCUT2D eigenvalue weighted by atomic mass is 19.1. The van der Waals surface area contributed by atoms with Crippen LogP contribution in [0.25, 0.3) is 0 Å². The number of aliphatic hydroxyl groups is 1. The lowest BCUT2D eigenvalue weighted by Crippen LogP contribution is -2.31. The van der Waals surface area contributed by atoms with Crippen molar-refractivity contribution in [3.63, 3.8) is 0 Å². The molecule has 3 rings (SSSR count). The number of anilines is 1. The second kappa shape index (κ2) is 7.84. The number of ketones is 1. The lowest BCUT2D eigenvalue weighted by atomic mass is 9.91. The Morgan fingerprint density at radius 3 is 2.57 bits per heavy atom. The summed E-state index contributed by atoms with van der Waals surface area (Å²) in [6.45, 7) is 3.77. The van der Waals surface area contributed by atoms with E-state index in [4.69, 9.17) is 4.74 Å². The molecule has 0 aromatic heterocycles. The molecule has 1 aliphatic heterocycles. The number of nitrogens with zero attached hydrogens (tertiary/aromatic N) is 1. The topological polar surface area (TPSA) is 66.8 Å². The van der Waals surface area contributed by atoms with Gasteiger partial charge >= 0.3 is 0 Å². The number of para-hydroxylation sites is 1. The van der Waals surface area contributed by atoms with E-state index in [1.54, 1.807) is 30.3 Å². The molecule has 0 saturated heterocycles. The van der Waals surface area contributed by atoms with Crippen LogP contribution in [0.3, 0.4) is 0 Å². The second-order valence-corrected chi connectivity index (χ2v) is 7.08. The Labute approximate surface area is 163 Å². The van der Waals surface area contributed by atoms with Crippen molar-refractivity contribution in [2.45, 2.75) is 26.3 Å². The number of rotatable bonds is 6. The number of hydrogen-bond donors (Lipinski definition) is 1. The van der Waals surface area contributed by atoms with Crippen LogP contribution in [0.1, 0.15) is 31.9 Å². The van der Waals surface area contributed by atoms with Crippen molar-refractivity contribution in [3.8, 4) is 5.75 Å². The van der Waals surface area contributed by atoms with Crippen LogP contribution in [0, 0.1) is 11.7 Å². The molecule has 2 aromatic rings. The molecular weight excluding hydrogens is 361 g/mol. The number of carbonyl (C=O) groups is 2. The first-order chi connectivity index (χ1) is 13.3. The van der Waals surface area contributed by atoms with Crippen molar-refractivity contribution in [1.29, 1.82) is 0 Å². The molecule has 6 heteroatoms. The number of hydrogen-bond acceptors (Lipinski definition) is 4. The summed E-state index contributed by atoms with van der Waals surface area (Å²) in [4.78, 5) is 27.1. The number of aliphatic hydroxyl groups excluding tert-OH is 1. The van der Waals surface area contributed by atoms with Crippen molar-refractivity contribution in [2.75, 3.05) is 12.0 Å². The predicted molar refractivity (Wildman–Crippen MR) is 104 cm³/mol. The van der Waals surface area contributed by atoms with Gasteiger partial charge in [0, 0.05) is 17.7 Å². The highest BCUT2D eigenvalue weighted by Crippen LogP contribution is 2.44. The number of benzene rings is 2. The van der Waals surface area contributed by atoms with E-state index in [9.17, 15) is 19.1 Å². The Morgan fingerprint density at radius 1 is 1.21 bits per heavy atom. The quantitative estimate of drug-likeness (QED) is 0.805. The zero-order valence-corrected chi connectivity index (χ0v) is 16.0. The average Bonchev–Trinajstić information content (AvgIpc) is 2.92. The van der Waals surface area contributed by atoms with Gasteiger partial charge in [-0.15, -0.1) is 0 Å². The molecule has 1 N–H and O–H groups in total. The molecule has 1 atom stereocenters. The fraction of sp³-hybridized carbons (Fsp3) is 0.273. The van der Waals surface area contributed by atoms with Crippen molar-refractivity contribution in [2.24, 2.45) is 5.92 Å². The van der Waals surface area contributed by atoms with E-state index in [1.807, 2.05) is 13.8 Å². The smallest absolute Gasteiger partial charge is 0.294 e. The largest absolute Gasteiger partial charge is 0.503 e. The normalized spacial score (nSPS) is 16.8. The van der Waals surface area contributed by atoms with Crippen LogP contribution in [-0.2, 0) is 9.59 Å². The summed E-state index contributed by atoms with van der Waals surface area (Å²) in [5.74, 6) is -1.68. The van der Waals surface area contributed by atoms with Crippen LogP contribution >= 0.6 is 0 Å². The summed E-state index contributed by atoms with van der Waals surface area (Å²) in [5, 5.41) is 10.6. The number of carbonyl (C=O) groups excluding carboxylic acids is 2. The zero-order valence-electron chi connectivity index (χ0n) is 16.0. The van der Waals surface area contributed by atoms with E-state index in [0.717, 1.165) is 0 Å². The minimum atomic E-state index is -0.906. The molecule has 1 aliphatic rings. The lowest BCUT2D eigenvalue weighted by molar-refractivity contribution is -0.118. The molecular formula is C22H22FNO4. The van der Waals surface area contributed by atoms with Crippen molar-refractivity contribution < 1.29 is 23.8 Å². The third-order valence-corrected chi connectivity index (χ3v) is 4.62. The Kier molecular flexibility index (Phi) is 5.49. The van der Waals surface area contributed by atoms with E-state index < -0.39 is 23.5 Å². The summed E-state index contributed by atoms with van der Waals surface area (Å²) in [6, 6.07) is 11.6. The SMILES string of the molecule is COc1ccccc1C1C(C(=O)CC(C)C)=C(O)C(=O)N1c1cccc(F)c1. The lowest BCUT2D eigenvalue weighted by Gasteiger charge is -2.28. The van der Waals surface area contributed by atoms with Gasteiger partial charge in [0.25, 0.3) is 5.91 Å². The van der Waals surface area contributed by atoms with Crippen LogP contribution < -0.4 is 9.64 Å². The minimum absolute atomic E-state index is 0.00691. The molecule has 0 radical (unpaired) electrons. The summed E-state index contributed by atoms with van der Waals surface area (Å²) in [7, 11) is 1.49. The van der Waals surface area contributed by atoms with E-state index in [2.05, 4.69) is 0 Å². The minimum Gasteiger partial charge on any atom is -0.503 e. The van der Waals surface area contributed by atoms with Gasteiger partial charge in [0.1, 0.15) is 11.6 Å². The number of Topliss-reactive ketones (excluding diaryl/α,β-unsaturated/α-hetero) is 1. The molecule has 28 heavy (non-hydrogen) atoms. The molecule has 0 aliphatic carbocycles. The fourth-order valence-electron chi connectivity index (χ4n) is 3.45. The maximum absolute atomic E-state index is 13.8. The van der Waals surface area contributed by atoms with Crippen LogP contribution in [-0.4, -0.2) is 23.9 Å². The first-order valence-corrected chi connectivity index (χ1v) is 9.03. The van der Waals surface area contributed by atoms with Gasteiger partial charge in [0.15, 0.2) is 11.5 Å². The van der Waals surface area contributed by atoms with E-state index in [-0.39, 0.29) is 29.4 Å². The van der Waals surface area contributed by atoms with Crippen molar-refractivity contribution in [3.05, 3.63) is 71.2 Å². The average molecular weight is 383 g/mol. The Hall–Kier alpha value is -3.15. The van der Waals surface area contributed by atoms with Gasteiger partial charge < -0.3 is 9.84 Å². The molecule has 2 aromatic carbocycles. The van der Waals surface area contributed by atoms with Crippen LogP contribution in [0.4, 0.5) is 10.1 Å². The van der Waals surface area contributed by atoms with Gasteiger partial charge in [-0.1, -0.05) is 38.1 Å². The van der Waals surface area contributed by atoms with Gasteiger partial charge in [-0.3, -0.25) is 14.5 Å². The fourth-order valence-corrected chi connectivity index (χ4v) is 3.45. The van der Waals surface area contributed by atoms with Gasteiger partial charge in [-0.05, 0) is 30.2 Å². The monoisotopic (exact) mass is 383 g/mol. The van der Waals surface area contributed by atoms with Crippen molar-refractivity contribution in [1.82, 2.24) is 0 Å². The Balaban J connectivity index is 2.20. The number of methoxy groups -OCH3 is 1. The number of amides is 1. The predicted octanol–water partition coefficient (Wildman–Crippen LogP) is 4.35. The number of ether oxygens (including phenoxy) is 1. The van der Waals surface area contributed by atoms with E-state index >= 15 is 0 Å². The standard InChI is InChI=1S/C22H22FNO4/c1-13(2)11-17(25)19-20(16-9-4-5-10-18(16)28-3)24(22(27)21(19)26)15-8-6-7-14(23)12-15/h4-10,12-13,20,26H,11H2,1-3H3. The highest BCUT2D eigenvalue weighted by Gasteiger charge is 2.45. The maximum Gasteiger partial charge on any atom is 0.294 e. The maximum atomic E-state index is 13.8. The highest BCUT2D eigenvalue weighted by molar-refractivity contribution is 6.16. The van der Waals surface area contributed by atoms with E-state index in [0.29, 0.717) is 11.3 Å². The molecule has 5 nitrogen and oxygen atoms in total. The van der Waals surface area contributed by atoms with E-state index in [1.165, 1.54) is 30.2 Å². The third kappa shape index (κ3) is 3.50. The summed E-state index contributed by atoms with van der Waals surface area (Å²) in [6.07, 6.45) is 0.176. The van der Waals surface area contributed by atoms with Gasteiger partial charge in [-0.25, -0.2) is 4.39 Å². The summed E-state index contributed by atoms with van der Waals surface area (Å²) >= 11 is 0. The molecule has 0 bridgehead atoms. The van der Waals surface area contributed by atoms with Gasteiger partial charge in [0.2, 0.25) is 0 Å².